The van der Waals surface area contributed by atoms with Crippen molar-refractivity contribution in [3.63, 3.8) is 0 Å². The van der Waals surface area contributed by atoms with Gasteiger partial charge in [-0.15, -0.1) is 0 Å². The molecule has 15 heavy (non-hydrogen) atoms. The molecular weight excluding hydrogens is 262 g/mol. The van der Waals surface area contributed by atoms with Crippen LogP contribution in [0.15, 0.2) is 11.1 Å². The van der Waals surface area contributed by atoms with E-state index in [-0.39, 0.29) is 6.54 Å². The number of carboxylic acids is 1. The average molecular weight is 278 g/mol. The number of nitrogens with one attached hydrogen (secondary N) is 1. The number of rotatable bonds is 4. The molecule has 0 aliphatic rings. The Bertz CT molecular complexity index is 281. The fourth-order valence-electron chi connectivity index (χ4n) is 1.16. The van der Waals surface area contributed by atoms with Crippen LogP contribution in [0, 0.1) is 11.3 Å². The molecule has 0 spiro atoms. The molecule has 0 aliphatic heterocycles. The number of aliphatic carboxylic acids is 1. The SMILES string of the molecule is C=C(Br)CNC(=O)C(C(=O)O)C(C)(C)C. The lowest BCUT2D eigenvalue weighted by molar-refractivity contribution is -0.151. The van der Waals surface area contributed by atoms with Gasteiger partial charge in [0.05, 0.1) is 0 Å². The van der Waals surface area contributed by atoms with Crippen molar-refractivity contribution in [1.82, 2.24) is 5.32 Å². The number of carbonyl (C=O) groups is 2. The zero-order valence-corrected chi connectivity index (χ0v) is 10.7. The van der Waals surface area contributed by atoms with Gasteiger partial charge in [0.1, 0.15) is 5.92 Å². The summed E-state index contributed by atoms with van der Waals surface area (Å²) >= 11 is 3.08. The summed E-state index contributed by atoms with van der Waals surface area (Å²) in [5, 5.41) is 11.5. The molecular formula is C10H16BrNO3. The molecule has 1 atom stereocenters. The van der Waals surface area contributed by atoms with Crippen LogP contribution in [0.5, 0.6) is 0 Å². The van der Waals surface area contributed by atoms with E-state index >= 15 is 0 Å². The second-order valence-electron chi connectivity index (χ2n) is 4.37. The third-order valence-corrected chi connectivity index (χ3v) is 2.11. The smallest absolute Gasteiger partial charge is 0.316 e. The Kier molecular flexibility index (Phi) is 5.00. The summed E-state index contributed by atoms with van der Waals surface area (Å²) in [6.45, 7) is 8.93. The number of halogens is 1. The predicted octanol–water partition coefficient (Wildman–Crippen LogP) is 1.76. The Balaban J connectivity index is 4.59. The second kappa shape index (κ2) is 5.30. The van der Waals surface area contributed by atoms with Gasteiger partial charge in [-0.05, 0) is 5.41 Å². The highest BCUT2D eigenvalue weighted by Crippen LogP contribution is 2.26. The van der Waals surface area contributed by atoms with Crippen LogP contribution in [0.4, 0.5) is 0 Å². The van der Waals surface area contributed by atoms with E-state index in [1.807, 2.05) is 0 Å². The van der Waals surface area contributed by atoms with Crippen LogP contribution in [0.25, 0.3) is 0 Å². The molecule has 0 saturated carbocycles. The molecule has 86 valence electrons. The first kappa shape index (κ1) is 14.2. The largest absolute Gasteiger partial charge is 0.481 e. The summed E-state index contributed by atoms with van der Waals surface area (Å²) < 4.78 is 0.605. The predicted molar refractivity (Wildman–Crippen MR) is 61.7 cm³/mol. The fourth-order valence-corrected chi connectivity index (χ4v) is 1.30. The maximum absolute atomic E-state index is 11.6. The molecule has 0 rings (SSSR count). The lowest BCUT2D eigenvalue weighted by Gasteiger charge is -2.25. The van der Waals surface area contributed by atoms with E-state index in [1.165, 1.54) is 0 Å². The van der Waals surface area contributed by atoms with Crippen molar-refractivity contribution in [2.24, 2.45) is 11.3 Å². The molecule has 1 amide bonds. The molecule has 5 heteroatoms. The van der Waals surface area contributed by atoms with Crippen LogP contribution in [-0.2, 0) is 9.59 Å². The average Bonchev–Trinajstić information content (AvgIpc) is 1.96. The Hall–Kier alpha value is -0.840. The van der Waals surface area contributed by atoms with Gasteiger partial charge in [-0.2, -0.15) is 0 Å². The van der Waals surface area contributed by atoms with Gasteiger partial charge >= 0.3 is 5.97 Å². The van der Waals surface area contributed by atoms with Crippen LogP contribution < -0.4 is 5.32 Å². The Labute approximate surface area is 97.9 Å². The monoisotopic (exact) mass is 277 g/mol. The lowest BCUT2D eigenvalue weighted by Crippen LogP contribution is -2.43. The van der Waals surface area contributed by atoms with Crippen LogP contribution in [0.3, 0.4) is 0 Å². The number of carbonyl (C=O) groups excluding carboxylic acids is 1. The summed E-state index contributed by atoms with van der Waals surface area (Å²) in [6.07, 6.45) is 0. The zero-order chi connectivity index (χ0) is 12.2. The Morgan fingerprint density at radius 1 is 1.47 bits per heavy atom. The highest BCUT2D eigenvalue weighted by molar-refractivity contribution is 9.11. The van der Waals surface area contributed by atoms with Crippen molar-refractivity contribution >= 4 is 27.8 Å². The first-order chi connectivity index (χ1) is 6.66. The number of hydrogen-bond acceptors (Lipinski definition) is 2. The third-order valence-electron chi connectivity index (χ3n) is 1.83. The molecule has 2 N–H and O–H groups in total. The van der Waals surface area contributed by atoms with E-state index in [0.717, 1.165) is 0 Å². The Morgan fingerprint density at radius 2 is 1.93 bits per heavy atom. The highest BCUT2D eigenvalue weighted by Gasteiger charge is 2.37. The summed E-state index contributed by atoms with van der Waals surface area (Å²) in [6, 6.07) is 0. The van der Waals surface area contributed by atoms with Crippen LogP contribution in [0.1, 0.15) is 20.8 Å². The normalized spacial score (nSPS) is 13.1. The molecule has 0 bridgehead atoms. The van der Waals surface area contributed by atoms with Crippen molar-refractivity contribution < 1.29 is 14.7 Å². The van der Waals surface area contributed by atoms with Gasteiger partial charge in [0.2, 0.25) is 5.91 Å². The molecule has 0 aliphatic carbocycles. The molecule has 0 aromatic rings. The van der Waals surface area contributed by atoms with Crippen molar-refractivity contribution in [1.29, 1.82) is 0 Å². The van der Waals surface area contributed by atoms with Crippen LogP contribution >= 0.6 is 15.9 Å². The van der Waals surface area contributed by atoms with E-state index in [1.54, 1.807) is 20.8 Å². The standard InChI is InChI=1S/C10H16BrNO3/c1-6(11)5-12-8(13)7(9(14)15)10(2,3)4/h7H,1,5H2,2-4H3,(H,12,13)(H,14,15). The van der Waals surface area contributed by atoms with Gasteiger partial charge in [-0.1, -0.05) is 43.3 Å². The second-order valence-corrected chi connectivity index (χ2v) is 5.49. The van der Waals surface area contributed by atoms with Gasteiger partial charge < -0.3 is 10.4 Å². The van der Waals surface area contributed by atoms with E-state index < -0.39 is 23.2 Å². The molecule has 4 nitrogen and oxygen atoms in total. The van der Waals surface area contributed by atoms with Crippen molar-refractivity contribution in [3.8, 4) is 0 Å². The fraction of sp³-hybridized carbons (Fsp3) is 0.600. The van der Waals surface area contributed by atoms with Gasteiger partial charge in [0.25, 0.3) is 0 Å². The van der Waals surface area contributed by atoms with Crippen LogP contribution in [-0.4, -0.2) is 23.5 Å². The van der Waals surface area contributed by atoms with Crippen molar-refractivity contribution in [2.45, 2.75) is 20.8 Å². The minimum Gasteiger partial charge on any atom is -0.481 e. The van der Waals surface area contributed by atoms with Gasteiger partial charge in [-0.3, -0.25) is 9.59 Å². The summed E-state index contributed by atoms with van der Waals surface area (Å²) in [5.74, 6) is -2.65. The first-order valence-electron chi connectivity index (χ1n) is 4.50. The van der Waals surface area contributed by atoms with E-state index in [2.05, 4.69) is 27.8 Å². The van der Waals surface area contributed by atoms with Crippen molar-refractivity contribution in [3.05, 3.63) is 11.1 Å². The topological polar surface area (TPSA) is 66.4 Å². The minimum absolute atomic E-state index is 0.235. The van der Waals surface area contributed by atoms with Crippen molar-refractivity contribution in [2.75, 3.05) is 6.54 Å². The molecule has 0 radical (unpaired) electrons. The van der Waals surface area contributed by atoms with E-state index in [0.29, 0.717) is 4.48 Å². The summed E-state index contributed by atoms with van der Waals surface area (Å²) in [7, 11) is 0. The maximum Gasteiger partial charge on any atom is 0.316 e. The highest BCUT2D eigenvalue weighted by atomic mass is 79.9. The third kappa shape index (κ3) is 4.97. The number of hydrogen-bond donors (Lipinski definition) is 2. The van der Waals surface area contributed by atoms with Gasteiger partial charge in [0, 0.05) is 11.0 Å². The van der Waals surface area contributed by atoms with Gasteiger partial charge in [-0.25, -0.2) is 0 Å². The molecule has 0 aromatic heterocycles. The Morgan fingerprint density at radius 3 is 2.20 bits per heavy atom. The van der Waals surface area contributed by atoms with Crippen LogP contribution in [0.2, 0.25) is 0 Å². The summed E-state index contributed by atoms with van der Waals surface area (Å²) in [5.41, 5.74) is -0.608. The molecule has 0 aromatic carbocycles. The summed E-state index contributed by atoms with van der Waals surface area (Å²) in [4.78, 5) is 22.5. The maximum atomic E-state index is 11.6. The zero-order valence-electron chi connectivity index (χ0n) is 9.13. The molecule has 0 heterocycles. The lowest BCUT2D eigenvalue weighted by atomic mass is 9.80. The van der Waals surface area contributed by atoms with E-state index in [4.69, 9.17) is 5.11 Å². The first-order valence-corrected chi connectivity index (χ1v) is 5.29. The number of carboxylic acid groups (broad SMARTS) is 1. The molecule has 0 saturated heterocycles. The van der Waals surface area contributed by atoms with E-state index in [9.17, 15) is 9.59 Å². The quantitative estimate of drug-likeness (QED) is 0.770. The number of amides is 1. The van der Waals surface area contributed by atoms with Gasteiger partial charge in [0.15, 0.2) is 0 Å². The minimum atomic E-state index is -1.11. The molecule has 0 fully saturated rings. The molecule has 1 unspecified atom stereocenters.